The highest BCUT2D eigenvalue weighted by molar-refractivity contribution is 5.94. The average molecular weight is 175 g/mol. The Morgan fingerprint density at radius 3 is 2.38 bits per heavy atom. The number of hydrogen-bond acceptors (Lipinski definition) is 1. The summed E-state index contributed by atoms with van der Waals surface area (Å²) in [7, 11) is 3.64. The minimum Gasteiger partial charge on any atom is -0.321 e. The predicted molar refractivity (Wildman–Crippen MR) is 51.2 cm³/mol. The number of amides is 2. The van der Waals surface area contributed by atoms with Crippen LogP contribution in [-0.2, 0) is 0 Å². The van der Waals surface area contributed by atoms with Gasteiger partial charge in [0.15, 0.2) is 0 Å². The summed E-state index contributed by atoms with van der Waals surface area (Å²) >= 11 is 0. The minimum atomic E-state index is -0.0220. The summed E-state index contributed by atoms with van der Waals surface area (Å²) in [5.74, 6) is 0. The summed E-state index contributed by atoms with van der Waals surface area (Å²) < 4.78 is 0. The van der Waals surface area contributed by atoms with Gasteiger partial charge in [0.05, 0.1) is 0 Å². The van der Waals surface area contributed by atoms with E-state index in [0.717, 1.165) is 12.2 Å². The third-order valence-corrected chi connectivity index (χ3v) is 2.16. The first kappa shape index (κ1) is 8.10. The lowest BCUT2D eigenvalue weighted by Crippen LogP contribution is -2.27. The zero-order chi connectivity index (χ0) is 9.26. The van der Waals surface area contributed by atoms with E-state index in [-0.39, 0.29) is 6.03 Å². The van der Waals surface area contributed by atoms with Crippen molar-refractivity contribution in [3.8, 4) is 0 Å². The Balaban J connectivity index is 2.24. The molecule has 1 aliphatic heterocycles. The number of benzene rings is 1. The summed E-state index contributed by atoms with van der Waals surface area (Å²) in [4.78, 5) is 14.7. The van der Waals surface area contributed by atoms with Crippen LogP contribution >= 0.6 is 0 Å². The van der Waals surface area contributed by atoms with Crippen molar-refractivity contribution in [1.29, 1.82) is 0 Å². The smallest absolute Gasteiger partial charge is 0.321 e. The standard InChI is InChI=1S/C10H11N2O/c1-11-7-8-12(10(11)13)9-5-3-2-4-6-9/h2-6H,1,7-8H2. The number of anilines is 1. The summed E-state index contributed by atoms with van der Waals surface area (Å²) in [5.41, 5.74) is 0.943. The van der Waals surface area contributed by atoms with Crippen LogP contribution in [0.3, 0.4) is 0 Å². The molecule has 1 radical (unpaired) electrons. The van der Waals surface area contributed by atoms with Crippen LogP contribution in [0.1, 0.15) is 0 Å². The predicted octanol–water partition coefficient (Wildman–Crippen LogP) is 1.72. The van der Waals surface area contributed by atoms with Crippen LogP contribution in [0, 0.1) is 7.05 Å². The molecule has 3 heteroatoms. The van der Waals surface area contributed by atoms with Gasteiger partial charge in [-0.2, -0.15) is 0 Å². The zero-order valence-corrected chi connectivity index (χ0v) is 7.31. The largest absolute Gasteiger partial charge is 0.324 e. The van der Waals surface area contributed by atoms with E-state index in [1.807, 2.05) is 30.3 Å². The van der Waals surface area contributed by atoms with Crippen LogP contribution in [0.5, 0.6) is 0 Å². The molecule has 1 fully saturated rings. The Bertz CT molecular complexity index is 310. The molecule has 0 N–H and O–H groups in total. The Morgan fingerprint density at radius 1 is 1.15 bits per heavy atom. The molecule has 1 heterocycles. The van der Waals surface area contributed by atoms with E-state index in [0.29, 0.717) is 6.54 Å². The molecule has 1 aromatic carbocycles. The van der Waals surface area contributed by atoms with Crippen molar-refractivity contribution < 1.29 is 4.79 Å². The van der Waals surface area contributed by atoms with E-state index >= 15 is 0 Å². The maximum atomic E-state index is 11.5. The summed E-state index contributed by atoms with van der Waals surface area (Å²) in [5, 5.41) is 0. The summed E-state index contributed by atoms with van der Waals surface area (Å²) in [6, 6.07) is 9.62. The van der Waals surface area contributed by atoms with Gasteiger partial charge in [0.2, 0.25) is 0 Å². The molecule has 0 aliphatic carbocycles. The number of nitrogens with zero attached hydrogens (tertiary/aromatic N) is 2. The molecule has 0 saturated carbocycles. The van der Waals surface area contributed by atoms with Gasteiger partial charge in [0.25, 0.3) is 0 Å². The quantitative estimate of drug-likeness (QED) is 0.637. The normalized spacial score (nSPS) is 16.8. The first-order valence-corrected chi connectivity index (χ1v) is 4.23. The minimum absolute atomic E-state index is 0.0220. The lowest BCUT2D eigenvalue weighted by atomic mass is 10.3. The van der Waals surface area contributed by atoms with Crippen molar-refractivity contribution >= 4 is 11.7 Å². The van der Waals surface area contributed by atoms with E-state index < -0.39 is 0 Å². The van der Waals surface area contributed by atoms with Gasteiger partial charge in [-0.25, -0.2) is 4.79 Å². The monoisotopic (exact) mass is 175 g/mol. The molecule has 0 aromatic heterocycles. The van der Waals surface area contributed by atoms with Gasteiger partial charge < -0.3 is 4.90 Å². The van der Waals surface area contributed by atoms with Gasteiger partial charge in [-0.05, 0) is 12.1 Å². The maximum absolute atomic E-state index is 11.5. The van der Waals surface area contributed by atoms with E-state index in [2.05, 4.69) is 7.05 Å². The lowest BCUT2D eigenvalue weighted by molar-refractivity contribution is 0.233. The highest BCUT2D eigenvalue weighted by atomic mass is 16.2. The molecule has 13 heavy (non-hydrogen) atoms. The van der Waals surface area contributed by atoms with Gasteiger partial charge in [-0.3, -0.25) is 4.90 Å². The number of carbonyl (C=O) groups excluding carboxylic acids is 1. The van der Waals surface area contributed by atoms with Crippen LogP contribution < -0.4 is 4.90 Å². The van der Waals surface area contributed by atoms with Gasteiger partial charge in [0, 0.05) is 25.8 Å². The number of carbonyl (C=O) groups is 1. The number of urea groups is 1. The number of rotatable bonds is 1. The second-order valence-corrected chi connectivity index (χ2v) is 3.03. The fourth-order valence-corrected chi connectivity index (χ4v) is 1.43. The van der Waals surface area contributed by atoms with Crippen molar-refractivity contribution in [2.75, 3.05) is 18.0 Å². The van der Waals surface area contributed by atoms with Gasteiger partial charge in [-0.15, -0.1) is 0 Å². The summed E-state index contributed by atoms with van der Waals surface area (Å²) in [6.45, 7) is 1.43. The van der Waals surface area contributed by atoms with Gasteiger partial charge in [-0.1, -0.05) is 18.2 Å². The van der Waals surface area contributed by atoms with Crippen molar-refractivity contribution in [3.63, 3.8) is 0 Å². The molecule has 0 unspecified atom stereocenters. The molecule has 0 bridgehead atoms. The first-order valence-electron chi connectivity index (χ1n) is 4.23. The van der Waals surface area contributed by atoms with Gasteiger partial charge >= 0.3 is 6.03 Å². The number of hydrogen-bond donors (Lipinski definition) is 0. The van der Waals surface area contributed by atoms with E-state index in [1.54, 1.807) is 4.90 Å². The number of para-hydroxylation sites is 1. The van der Waals surface area contributed by atoms with E-state index in [9.17, 15) is 4.79 Å². The van der Waals surface area contributed by atoms with Crippen molar-refractivity contribution in [2.45, 2.75) is 0 Å². The second-order valence-electron chi connectivity index (χ2n) is 3.03. The average Bonchev–Trinajstić information content (AvgIpc) is 2.49. The topological polar surface area (TPSA) is 23.6 Å². The van der Waals surface area contributed by atoms with Crippen LogP contribution in [-0.4, -0.2) is 24.0 Å². The van der Waals surface area contributed by atoms with Crippen LogP contribution in [0.2, 0.25) is 0 Å². The molecule has 1 saturated heterocycles. The molecule has 1 aliphatic rings. The van der Waals surface area contributed by atoms with E-state index in [4.69, 9.17) is 0 Å². The first-order chi connectivity index (χ1) is 6.29. The maximum Gasteiger partial charge on any atom is 0.324 e. The molecule has 2 rings (SSSR count). The highest BCUT2D eigenvalue weighted by Gasteiger charge is 2.26. The van der Waals surface area contributed by atoms with Crippen molar-refractivity contribution in [3.05, 3.63) is 37.4 Å². The van der Waals surface area contributed by atoms with Gasteiger partial charge in [0.1, 0.15) is 0 Å². The second kappa shape index (κ2) is 3.09. The highest BCUT2D eigenvalue weighted by Crippen LogP contribution is 2.18. The Hall–Kier alpha value is -1.51. The molecule has 0 atom stereocenters. The molecular weight excluding hydrogens is 164 g/mol. The molecule has 1 aromatic rings. The van der Waals surface area contributed by atoms with Crippen LogP contribution in [0.15, 0.2) is 30.3 Å². The fourth-order valence-electron chi connectivity index (χ4n) is 1.43. The summed E-state index contributed by atoms with van der Waals surface area (Å²) in [6.07, 6.45) is 0. The zero-order valence-electron chi connectivity index (χ0n) is 7.31. The molecule has 3 nitrogen and oxygen atoms in total. The Labute approximate surface area is 77.6 Å². The lowest BCUT2D eigenvalue weighted by Gasteiger charge is -2.15. The van der Waals surface area contributed by atoms with E-state index in [1.165, 1.54) is 4.90 Å². The fraction of sp³-hybridized carbons (Fsp3) is 0.200. The molecular formula is C10H11N2O. The SMILES string of the molecule is [CH2]N1CCN(c2ccccc2)C1=O. The third-order valence-electron chi connectivity index (χ3n) is 2.16. The van der Waals surface area contributed by atoms with Crippen molar-refractivity contribution in [2.24, 2.45) is 0 Å². The molecule has 0 spiro atoms. The van der Waals surface area contributed by atoms with Crippen LogP contribution in [0.4, 0.5) is 10.5 Å². The Kier molecular flexibility index (Phi) is 1.93. The van der Waals surface area contributed by atoms with Crippen molar-refractivity contribution in [1.82, 2.24) is 4.90 Å². The molecule has 2 amide bonds. The third kappa shape index (κ3) is 1.37. The Morgan fingerprint density at radius 2 is 1.85 bits per heavy atom. The van der Waals surface area contributed by atoms with Crippen LogP contribution in [0.25, 0.3) is 0 Å². The molecule has 67 valence electrons.